The molecule has 1 aromatic carbocycles. The number of carbonyl (C=O) groups is 2. The number of rotatable bonds is 5. The van der Waals surface area contributed by atoms with Gasteiger partial charge in [-0.05, 0) is 38.3 Å². The van der Waals surface area contributed by atoms with Crippen molar-refractivity contribution in [3.8, 4) is 0 Å². The van der Waals surface area contributed by atoms with E-state index in [2.05, 4.69) is 0 Å². The van der Waals surface area contributed by atoms with Crippen LogP contribution in [0.1, 0.15) is 23.6 Å². The van der Waals surface area contributed by atoms with E-state index in [-0.39, 0.29) is 13.0 Å². The van der Waals surface area contributed by atoms with E-state index in [1.54, 1.807) is 6.92 Å². The van der Waals surface area contributed by atoms with Crippen molar-refractivity contribution in [2.24, 2.45) is 5.92 Å². The van der Waals surface area contributed by atoms with Gasteiger partial charge in [-0.3, -0.25) is 9.59 Å². The van der Waals surface area contributed by atoms with Crippen molar-refractivity contribution < 1.29 is 19.4 Å². The molecular formula is C14H18O4. The highest BCUT2D eigenvalue weighted by Crippen LogP contribution is 2.16. The summed E-state index contributed by atoms with van der Waals surface area (Å²) in [5.74, 6) is -2.95. The second-order valence-electron chi connectivity index (χ2n) is 4.28. The molecule has 1 unspecified atom stereocenters. The monoisotopic (exact) mass is 250 g/mol. The summed E-state index contributed by atoms with van der Waals surface area (Å²) in [6, 6.07) is 5.74. The molecule has 98 valence electrons. The summed E-state index contributed by atoms with van der Waals surface area (Å²) in [5, 5.41) is 9.08. The molecule has 1 rings (SSSR count). The molecule has 0 aromatic heterocycles. The highest BCUT2D eigenvalue weighted by atomic mass is 16.5. The van der Waals surface area contributed by atoms with Crippen molar-refractivity contribution in [2.45, 2.75) is 27.2 Å². The molecule has 0 radical (unpaired) electrons. The fraction of sp³-hybridized carbons (Fsp3) is 0.429. The zero-order chi connectivity index (χ0) is 13.7. The fourth-order valence-electron chi connectivity index (χ4n) is 1.81. The van der Waals surface area contributed by atoms with Gasteiger partial charge in [0.2, 0.25) is 0 Å². The Kier molecular flexibility index (Phi) is 4.89. The SMILES string of the molecule is CCOC(=O)C(Cc1ccc(C)cc1C)C(=O)O. The molecule has 0 aliphatic rings. The van der Waals surface area contributed by atoms with E-state index in [4.69, 9.17) is 9.84 Å². The third kappa shape index (κ3) is 3.58. The molecule has 18 heavy (non-hydrogen) atoms. The number of carboxylic acid groups (broad SMARTS) is 1. The van der Waals surface area contributed by atoms with Crippen molar-refractivity contribution >= 4 is 11.9 Å². The standard InChI is InChI=1S/C14H18O4/c1-4-18-14(17)12(13(15)16)8-11-6-5-9(2)7-10(11)3/h5-7,12H,4,8H2,1-3H3,(H,15,16). The van der Waals surface area contributed by atoms with Crippen LogP contribution in [-0.2, 0) is 20.7 Å². The van der Waals surface area contributed by atoms with Crippen LogP contribution in [0.3, 0.4) is 0 Å². The van der Waals surface area contributed by atoms with Gasteiger partial charge in [-0.1, -0.05) is 23.8 Å². The van der Waals surface area contributed by atoms with Crippen molar-refractivity contribution in [3.63, 3.8) is 0 Å². The van der Waals surface area contributed by atoms with Crippen LogP contribution >= 0.6 is 0 Å². The molecule has 0 aliphatic carbocycles. The van der Waals surface area contributed by atoms with E-state index in [0.717, 1.165) is 16.7 Å². The first-order valence-electron chi connectivity index (χ1n) is 5.91. The molecule has 0 saturated heterocycles. The van der Waals surface area contributed by atoms with E-state index in [0.29, 0.717) is 0 Å². The van der Waals surface area contributed by atoms with Gasteiger partial charge in [0.25, 0.3) is 0 Å². The number of aryl methyl sites for hydroxylation is 2. The van der Waals surface area contributed by atoms with Gasteiger partial charge in [0.15, 0.2) is 5.92 Å². The number of aliphatic carboxylic acids is 1. The predicted molar refractivity (Wildman–Crippen MR) is 67.4 cm³/mol. The number of hydrogen-bond donors (Lipinski definition) is 1. The lowest BCUT2D eigenvalue weighted by molar-refractivity contribution is -0.158. The Morgan fingerprint density at radius 1 is 1.33 bits per heavy atom. The Hall–Kier alpha value is -1.84. The van der Waals surface area contributed by atoms with Crippen LogP contribution in [0.2, 0.25) is 0 Å². The third-order valence-electron chi connectivity index (χ3n) is 2.79. The quantitative estimate of drug-likeness (QED) is 0.642. The minimum atomic E-state index is -1.14. The maximum absolute atomic E-state index is 11.6. The van der Waals surface area contributed by atoms with Gasteiger partial charge in [0.1, 0.15) is 0 Å². The number of ether oxygens (including phenoxy) is 1. The van der Waals surface area contributed by atoms with Crippen LogP contribution in [0.25, 0.3) is 0 Å². The van der Waals surface area contributed by atoms with Gasteiger partial charge in [-0.15, -0.1) is 0 Å². The molecule has 0 aliphatic heterocycles. The summed E-state index contributed by atoms with van der Waals surface area (Å²) in [6.45, 7) is 5.73. The van der Waals surface area contributed by atoms with Crippen LogP contribution in [0.4, 0.5) is 0 Å². The summed E-state index contributed by atoms with van der Waals surface area (Å²) >= 11 is 0. The molecule has 4 heteroatoms. The van der Waals surface area contributed by atoms with Gasteiger partial charge >= 0.3 is 11.9 Å². The van der Waals surface area contributed by atoms with Crippen LogP contribution in [0.15, 0.2) is 18.2 Å². The first kappa shape index (κ1) is 14.2. The number of esters is 1. The summed E-state index contributed by atoms with van der Waals surface area (Å²) in [6.07, 6.45) is 0.167. The van der Waals surface area contributed by atoms with Gasteiger partial charge in [0, 0.05) is 0 Å². The second-order valence-corrected chi connectivity index (χ2v) is 4.28. The molecule has 0 amide bonds. The molecule has 0 heterocycles. The van der Waals surface area contributed by atoms with Crippen LogP contribution in [0.5, 0.6) is 0 Å². The zero-order valence-electron chi connectivity index (χ0n) is 10.9. The molecule has 1 aromatic rings. The molecule has 0 bridgehead atoms. The minimum absolute atomic E-state index is 0.167. The topological polar surface area (TPSA) is 63.6 Å². The number of carboxylic acids is 1. The smallest absolute Gasteiger partial charge is 0.320 e. The van der Waals surface area contributed by atoms with Crippen molar-refractivity contribution in [1.29, 1.82) is 0 Å². The highest BCUT2D eigenvalue weighted by molar-refractivity contribution is 5.94. The molecule has 1 N–H and O–H groups in total. The first-order valence-corrected chi connectivity index (χ1v) is 5.91. The predicted octanol–water partition coefficient (Wildman–Crippen LogP) is 2.11. The molecule has 0 spiro atoms. The lowest BCUT2D eigenvalue weighted by atomic mass is 9.95. The Morgan fingerprint density at radius 3 is 2.50 bits per heavy atom. The normalized spacial score (nSPS) is 11.9. The van der Waals surface area contributed by atoms with Crippen molar-refractivity contribution in [3.05, 3.63) is 34.9 Å². The van der Waals surface area contributed by atoms with E-state index < -0.39 is 17.9 Å². The molecular weight excluding hydrogens is 232 g/mol. The summed E-state index contributed by atoms with van der Waals surface area (Å²) in [4.78, 5) is 22.7. The van der Waals surface area contributed by atoms with Crippen LogP contribution in [-0.4, -0.2) is 23.7 Å². The highest BCUT2D eigenvalue weighted by Gasteiger charge is 2.28. The van der Waals surface area contributed by atoms with E-state index in [1.807, 2.05) is 32.0 Å². The van der Waals surface area contributed by atoms with Crippen molar-refractivity contribution in [2.75, 3.05) is 6.61 Å². The summed E-state index contributed by atoms with van der Waals surface area (Å²) < 4.78 is 4.78. The number of benzene rings is 1. The lowest BCUT2D eigenvalue weighted by Crippen LogP contribution is -2.28. The average molecular weight is 250 g/mol. The van der Waals surface area contributed by atoms with E-state index in [9.17, 15) is 9.59 Å². The van der Waals surface area contributed by atoms with Gasteiger partial charge in [0.05, 0.1) is 6.61 Å². The van der Waals surface area contributed by atoms with Gasteiger partial charge < -0.3 is 9.84 Å². The molecule has 4 nitrogen and oxygen atoms in total. The maximum atomic E-state index is 11.6. The first-order chi connectivity index (χ1) is 8.45. The summed E-state index contributed by atoms with van der Waals surface area (Å²) in [5.41, 5.74) is 2.96. The van der Waals surface area contributed by atoms with Crippen LogP contribution in [0, 0.1) is 19.8 Å². The van der Waals surface area contributed by atoms with Gasteiger partial charge in [-0.2, -0.15) is 0 Å². The maximum Gasteiger partial charge on any atom is 0.320 e. The minimum Gasteiger partial charge on any atom is -0.481 e. The summed E-state index contributed by atoms with van der Waals surface area (Å²) in [7, 11) is 0. The Labute approximate surface area is 107 Å². The van der Waals surface area contributed by atoms with E-state index >= 15 is 0 Å². The van der Waals surface area contributed by atoms with Crippen LogP contribution < -0.4 is 0 Å². The van der Waals surface area contributed by atoms with E-state index in [1.165, 1.54) is 0 Å². The fourth-order valence-corrected chi connectivity index (χ4v) is 1.81. The third-order valence-corrected chi connectivity index (χ3v) is 2.79. The zero-order valence-corrected chi connectivity index (χ0v) is 10.9. The largest absolute Gasteiger partial charge is 0.481 e. The lowest BCUT2D eigenvalue weighted by Gasteiger charge is -2.13. The molecule has 0 fully saturated rings. The Balaban J connectivity index is 2.90. The average Bonchev–Trinajstić information content (AvgIpc) is 2.27. The number of carbonyl (C=O) groups excluding carboxylic acids is 1. The molecule has 0 saturated carbocycles. The Bertz CT molecular complexity index is 451. The second kappa shape index (κ2) is 6.19. The van der Waals surface area contributed by atoms with Gasteiger partial charge in [-0.25, -0.2) is 0 Å². The Morgan fingerprint density at radius 2 is 2.00 bits per heavy atom. The number of hydrogen-bond acceptors (Lipinski definition) is 3. The molecule has 1 atom stereocenters. The van der Waals surface area contributed by atoms with Crippen molar-refractivity contribution in [1.82, 2.24) is 0 Å².